The maximum atomic E-state index is 11.4. The molecule has 14 heavy (non-hydrogen) atoms. The summed E-state index contributed by atoms with van der Waals surface area (Å²) >= 11 is 0. The first kappa shape index (κ1) is 10.7. The molecular formula is C9H15N3O2. The highest BCUT2D eigenvalue weighted by Gasteiger charge is 2.08. The second-order valence-electron chi connectivity index (χ2n) is 3.17. The van der Waals surface area contributed by atoms with Crippen LogP contribution in [0.5, 0.6) is 0 Å². The van der Waals surface area contributed by atoms with Gasteiger partial charge in [0.05, 0.1) is 17.9 Å². The lowest BCUT2D eigenvalue weighted by atomic mass is 10.2. The van der Waals surface area contributed by atoms with Crippen LogP contribution in [0.4, 0.5) is 0 Å². The van der Waals surface area contributed by atoms with E-state index < -0.39 is 6.10 Å². The Balaban J connectivity index is 2.43. The molecule has 5 nitrogen and oxygen atoms in total. The van der Waals surface area contributed by atoms with Gasteiger partial charge < -0.3 is 10.4 Å². The van der Waals surface area contributed by atoms with Crippen LogP contribution in [0.2, 0.25) is 0 Å². The molecule has 0 fully saturated rings. The van der Waals surface area contributed by atoms with Crippen molar-refractivity contribution in [1.82, 2.24) is 15.1 Å². The fourth-order valence-electron chi connectivity index (χ4n) is 0.995. The third-order valence-corrected chi connectivity index (χ3v) is 1.94. The Labute approximate surface area is 82.7 Å². The summed E-state index contributed by atoms with van der Waals surface area (Å²) in [6, 6.07) is 0. The van der Waals surface area contributed by atoms with E-state index in [9.17, 15) is 9.90 Å². The summed E-state index contributed by atoms with van der Waals surface area (Å²) in [5.74, 6) is -0.203. The number of hydrogen-bond donors (Lipinski definition) is 2. The average Bonchev–Trinajstić information content (AvgIpc) is 2.60. The topological polar surface area (TPSA) is 67.2 Å². The lowest BCUT2D eigenvalue weighted by Crippen LogP contribution is -2.31. The highest BCUT2D eigenvalue weighted by molar-refractivity contribution is 5.93. The molecule has 0 aromatic carbocycles. The zero-order chi connectivity index (χ0) is 10.6. The zero-order valence-corrected chi connectivity index (χ0v) is 8.40. The number of hydrogen-bond acceptors (Lipinski definition) is 3. The minimum Gasteiger partial charge on any atom is -0.391 e. The Morgan fingerprint density at radius 2 is 2.50 bits per heavy atom. The Morgan fingerprint density at radius 3 is 3.00 bits per heavy atom. The van der Waals surface area contributed by atoms with Gasteiger partial charge in [-0.15, -0.1) is 0 Å². The molecule has 5 heteroatoms. The van der Waals surface area contributed by atoms with Gasteiger partial charge in [-0.25, -0.2) is 0 Å². The van der Waals surface area contributed by atoms with Crippen molar-refractivity contribution in [3.63, 3.8) is 0 Å². The van der Waals surface area contributed by atoms with Crippen LogP contribution in [0, 0.1) is 0 Å². The van der Waals surface area contributed by atoms with Crippen LogP contribution in [0.1, 0.15) is 23.7 Å². The van der Waals surface area contributed by atoms with E-state index >= 15 is 0 Å². The van der Waals surface area contributed by atoms with E-state index in [1.54, 1.807) is 17.9 Å². The maximum Gasteiger partial charge on any atom is 0.254 e. The van der Waals surface area contributed by atoms with Crippen LogP contribution in [-0.4, -0.2) is 33.4 Å². The van der Waals surface area contributed by atoms with Crippen molar-refractivity contribution in [2.75, 3.05) is 6.54 Å². The van der Waals surface area contributed by atoms with Gasteiger partial charge >= 0.3 is 0 Å². The normalized spacial score (nSPS) is 12.5. The van der Waals surface area contributed by atoms with E-state index in [2.05, 4.69) is 10.4 Å². The lowest BCUT2D eigenvalue weighted by Gasteiger charge is -2.07. The quantitative estimate of drug-likeness (QED) is 0.709. The van der Waals surface area contributed by atoms with E-state index in [1.807, 2.05) is 6.92 Å². The van der Waals surface area contributed by atoms with Crippen LogP contribution < -0.4 is 5.32 Å². The Morgan fingerprint density at radius 1 is 1.79 bits per heavy atom. The van der Waals surface area contributed by atoms with E-state index in [0.29, 0.717) is 12.0 Å². The summed E-state index contributed by atoms with van der Waals surface area (Å²) in [6.45, 7) is 2.14. The second-order valence-corrected chi connectivity index (χ2v) is 3.17. The largest absolute Gasteiger partial charge is 0.391 e. The van der Waals surface area contributed by atoms with Crippen molar-refractivity contribution in [1.29, 1.82) is 0 Å². The maximum absolute atomic E-state index is 11.4. The van der Waals surface area contributed by atoms with Gasteiger partial charge in [0.1, 0.15) is 0 Å². The minimum absolute atomic E-state index is 0.203. The monoisotopic (exact) mass is 197 g/mol. The number of carbonyl (C=O) groups is 1. The van der Waals surface area contributed by atoms with Gasteiger partial charge in [-0.05, 0) is 6.42 Å². The van der Waals surface area contributed by atoms with Gasteiger partial charge in [-0.1, -0.05) is 6.92 Å². The standard InChI is InChI=1S/C9H15N3O2/c1-3-8(13)5-10-9(14)7-4-11-12(2)6-7/h4,6,8,13H,3,5H2,1-2H3,(H,10,14). The minimum atomic E-state index is -0.476. The molecule has 0 radical (unpaired) electrons. The summed E-state index contributed by atoms with van der Waals surface area (Å²) in [5, 5.41) is 15.7. The third kappa shape index (κ3) is 2.85. The van der Waals surface area contributed by atoms with Gasteiger partial charge in [0.2, 0.25) is 0 Å². The van der Waals surface area contributed by atoms with Crippen molar-refractivity contribution >= 4 is 5.91 Å². The molecule has 1 amide bonds. The van der Waals surface area contributed by atoms with E-state index in [4.69, 9.17) is 0 Å². The molecular weight excluding hydrogens is 182 g/mol. The zero-order valence-electron chi connectivity index (χ0n) is 8.40. The van der Waals surface area contributed by atoms with Crippen LogP contribution >= 0.6 is 0 Å². The predicted octanol–water partition coefficient (Wildman–Crippen LogP) is -0.0792. The summed E-state index contributed by atoms with van der Waals surface area (Å²) in [5.41, 5.74) is 0.510. The number of nitrogens with one attached hydrogen (secondary N) is 1. The molecule has 78 valence electrons. The number of amides is 1. The molecule has 1 aromatic rings. The molecule has 2 N–H and O–H groups in total. The molecule has 0 bridgehead atoms. The Bertz CT molecular complexity index is 309. The SMILES string of the molecule is CCC(O)CNC(=O)c1cnn(C)c1. The molecule has 0 aliphatic carbocycles. The number of aliphatic hydroxyl groups is 1. The first-order valence-electron chi connectivity index (χ1n) is 4.58. The van der Waals surface area contributed by atoms with Crippen LogP contribution in [0.15, 0.2) is 12.4 Å². The summed E-state index contributed by atoms with van der Waals surface area (Å²) in [7, 11) is 1.75. The van der Waals surface area contributed by atoms with Crippen molar-refractivity contribution in [2.24, 2.45) is 7.05 Å². The van der Waals surface area contributed by atoms with E-state index in [0.717, 1.165) is 0 Å². The van der Waals surface area contributed by atoms with Crippen LogP contribution in [0.25, 0.3) is 0 Å². The highest BCUT2D eigenvalue weighted by atomic mass is 16.3. The van der Waals surface area contributed by atoms with Crippen molar-refractivity contribution in [2.45, 2.75) is 19.4 Å². The predicted molar refractivity (Wildman–Crippen MR) is 51.8 cm³/mol. The number of nitrogens with zero attached hydrogens (tertiary/aromatic N) is 2. The van der Waals surface area contributed by atoms with Crippen molar-refractivity contribution in [3.8, 4) is 0 Å². The Kier molecular flexibility index (Phi) is 3.64. The van der Waals surface area contributed by atoms with Gasteiger partial charge in [0.25, 0.3) is 5.91 Å². The highest BCUT2D eigenvalue weighted by Crippen LogP contribution is 1.96. The lowest BCUT2D eigenvalue weighted by molar-refractivity contribution is 0.0914. The molecule has 0 saturated carbocycles. The van der Waals surface area contributed by atoms with Gasteiger partial charge in [-0.3, -0.25) is 9.48 Å². The first-order valence-corrected chi connectivity index (χ1v) is 4.58. The van der Waals surface area contributed by atoms with Gasteiger partial charge in [0, 0.05) is 19.8 Å². The molecule has 1 atom stereocenters. The number of carbonyl (C=O) groups excluding carboxylic acids is 1. The van der Waals surface area contributed by atoms with Crippen LogP contribution in [0.3, 0.4) is 0 Å². The molecule has 0 aliphatic rings. The van der Waals surface area contributed by atoms with Crippen molar-refractivity contribution in [3.05, 3.63) is 18.0 Å². The van der Waals surface area contributed by atoms with Gasteiger partial charge in [-0.2, -0.15) is 5.10 Å². The molecule has 1 rings (SSSR count). The molecule has 1 unspecified atom stereocenters. The van der Waals surface area contributed by atoms with E-state index in [1.165, 1.54) is 6.20 Å². The number of rotatable bonds is 4. The van der Waals surface area contributed by atoms with Crippen LogP contribution in [-0.2, 0) is 7.05 Å². The Hall–Kier alpha value is -1.36. The first-order chi connectivity index (χ1) is 6.63. The summed E-state index contributed by atoms with van der Waals surface area (Å²) in [4.78, 5) is 11.4. The number of aromatic nitrogens is 2. The summed E-state index contributed by atoms with van der Waals surface area (Å²) in [6.07, 6.45) is 3.28. The van der Waals surface area contributed by atoms with E-state index in [-0.39, 0.29) is 12.5 Å². The number of aryl methyl sites for hydroxylation is 1. The average molecular weight is 197 g/mol. The third-order valence-electron chi connectivity index (χ3n) is 1.94. The molecule has 1 aromatic heterocycles. The molecule has 0 aliphatic heterocycles. The fourth-order valence-corrected chi connectivity index (χ4v) is 0.995. The van der Waals surface area contributed by atoms with Crippen molar-refractivity contribution < 1.29 is 9.90 Å². The molecule has 1 heterocycles. The molecule has 0 spiro atoms. The smallest absolute Gasteiger partial charge is 0.254 e. The second kappa shape index (κ2) is 4.76. The summed E-state index contributed by atoms with van der Waals surface area (Å²) < 4.78 is 1.56. The fraction of sp³-hybridized carbons (Fsp3) is 0.556. The number of aliphatic hydroxyl groups excluding tert-OH is 1. The van der Waals surface area contributed by atoms with Gasteiger partial charge in [0.15, 0.2) is 0 Å². The molecule has 0 saturated heterocycles.